The Morgan fingerprint density at radius 1 is 1.70 bits per heavy atom. The first kappa shape index (κ1) is 5.97. The highest BCUT2D eigenvalue weighted by molar-refractivity contribution is 9.11. The van der Waals surface area contributed by atoms with Gasteiger partial charge in [-0.3, -0.25) is 10.0 Å². The van der Waals surface area contributed by atoms with Crippen LogP contribution in [0.4, 0.5) is 0 Å². The molecule has 0 bridgehead atoms. The minimum absolute atomic E-state index is 0.116. The van der Waals surface area contributed by atoms with Crippen LogP contribution < -0.4 is 5.43 Å². The first-order chi connectivity index (χ1) is 4.88. The summed E-state index contributed by atoms with van der Waals surface area (Å²) in [5.74, 6) is 0. The summed E-state index contributed by atoms with van der Waals surface area (Å²) in [6.07, 6.45) is 7.64. The first-order valence-corrected chi connectivity index (χ1v) is 3.77. The van der Waals surface area contributed by atoms with Gasteiger partial charge in [-0.05, 0) is 22.0 Å². The second-order valence-corrected chi connectivity index (χ2v) is 2.99. The quantitative estimate of drug-likeness (QED) is 0.630. The van der Waals surface area contributed by atoms with Crippen molar-refractivity contribution >= 4 is 22.1 Å². The summed E-state index contributed by atoms with van der Waals surface area (Å²) in [4.78, 5) is 4.21. The Morgan fingerprint density at radius 3 is 3.40 bits per heavy atom. The highest BCUT2D eigenvalue weighted by Crippen LogP contribution is 2.22. The molecule has 0 radical (unpaired) electrons. The van der Waals surface area contributed by atoms with Crippen molar-refractivity contribution in [1.29, 1.82) is 0 Å². The van der Waals surface area contributed by atoms with E-state index in [2.05, 4.69) is 26.3 Å². The highest BCUT2D eigenvalue weighted by atomic mass is 79.9. The van der Waals surface area contributed by atoms with E-state index in [-0.39, 0.29) is 6.17 Å². The summed E-state index contributed by atoms with van der Waals surface area (Å²) in [6, 6.07) is 0. The van der Waals surface area contributed by atoms with E-state index in [1.54, 1.807) is 6.21 Å². The van der Waals surface area contributed by atoms with E-state index in [0.29, 0.717) is 0 Å². The predicted molar refractivity (Wildman–Crippen MR) is 43.4 cm³/mol. The fraction of sp³-hybridized carbons (Fsp3) is 0.167. The summed E-state index contributed by atoms with van der Waals surface area (Å²) in [5, 5.41) is 1.92. The Kier molecular flexibility index (Phi) is 1.27. The zero-order valence-corrected chi connectivity index (χ0v) is 6.75. The van der Waals surface area contributed by atoms with Gasteiger partial charge in [0.05, 0.1) is 4.48 Å². The molecule has 0 aromatic heterocycles. The van der Waals surface area contributed by atoms with E-state index in [4.69, 9.17) is 0 Å². The van der Waals surface area contributed by atoms with E-state index >= 15 is 0 Å². The SMILES string of the molecule is BrC1=CNN2C=CC=N[C@@H]12. The number of aliphatic imine (C=N–C) groups is 1. The second-order valence-electron chi connectivity index (χ2n) is 2.08. The van der Waals surface area contributed by atoms with Crippen LogP contribution >= 0.6 is 15.9 Å². The Labute approximate surface area is 67.2 Å². The topological polar surface area (TPSA) is 27.6 Å². The average molecular weight is 200 g/mol. The molecule has 0 fully saturated rings. The molecule has 4 heteroatoms. The molecule has 10 heavy (non-hydrogen) atoms. The monoisotopic (exact) mass is 199 g/mol. The Balaban J connectivity index is 2.27. The van der Waals surface area contributed by atoms with Crippen molar-refractivity contribution in [3.8, 4) is 0 Å². The number of nitrogens with zero attached hydrogens (tertiary/aromatic N) is 2. The van der Waals surface area contributed by atoms with Crippen molar-refractivity contribution in [2.45, 2.75) is 6.17 Å². The van der Waals surface area contributed by atoms with Crippen LogP contribution in [0.1, 0.15) is 0 Å². The smallest absolute Gasteiger partial charge is 0.172 e. The fourth-order valence-electron chi connectivity index (χ4n) is 0.944. The fourth-order valence-corrected chi connectivity index (χ4v) is 1.39. The molecule has 0 aromatic rings. The Bertz CT molecular complexity index is 231. The van der Waals surface area contributed by atoms with Gasteiger partial charge in [-0.25, -0.2) is 0 Å². The number of rotatable bonds is 0. The molecule has 0 unspecified atom stereocenters. The number of halogens is 1. The van der Waals surface area contributed by atoms with Crippen molar-refractivity contribution in [2.75, 3.05) is 0 Å². The third kappa shape index (κ3) is 0.759. The minimum atomic E-state index is 0.116. The van der Waals surface area contributed by atoms with Gasteiger partial charge in [-0.15, -0.1) is 0 Å². The van der Waals surface area contributed by atoms with Gasteiger partial charge < -0.3 is 5.43 Å². The van der Waals surface area contributed by atoms with E-state index in [9.17, 15) is 0 Å². The first-order valence-electron chi connectivity index (χ1n) is 2.98. The molecular weight excluding hydrogens is 194 g/mol. The van der Waals surface area contributed by atoms with Gasteiger partial charge in [0.15, 0.2) is 6.17 Å². The van der Waals surface area contributed by atoms with Crippen molar-refractivity contribution in [3.63, 3.8) is 0 Å². The van der Waals surface area contributed by atoms with E-state index in [0.717, 1.165) is 4.48 Å². The lowest BCUT2D eigenvalue weighted by Gasteiger charge is -2.21. The Hall–Kier alpha value is -0.770. The number of hydrogen-bond acceptors (Lipinski definition) is 3. The molecule has 0 saturated carbocycles. The van der Waals surface area contributed by atoms with Crippen molar-refractivity contribution in [3.05, 3.63) is 23.0 Å². The lowest BCUT2D eigenvalue weighted by atomic mass is 10.4. The maximum Gasteiger partial charge on any atom is 0.172 e. The van der Waals surface area contributed by atoms with E-state index < -0.39 is 0 Å². The molecule has 1 N–H and O–H groups in total. The third-order valence-electron chi connectivity index (χ3n) is 1.42. The molecule has 2 heterocycles. The van der Waals surface area contributed by atoms with Crippen molar-refractivity contribution in [1.82, 2.24) is 10.4 Å². The molecule has 2 aliphatic heterocycles. The molecule has 0 saturated heterocycles. The average Bonchev–Trinajstić information content (AvgIpc) is 2.34. The molecular formula is C6H6BrN3. The van der Waals surface area contributed by atoms with Crippen LogP contribution in [0.25, 0.3) is 0 Å². The largest absolute Gasteiger partial charge is 0.303 e. The number of nitrogens with one attached hydrogen (secondary N) is 1. The lowest BCUT2D eigenvalue weighted by Crippen LogP contribution is -2.33. The van der Waals surface area contributed by atoms with Crippen LogP contribution in [0.5, 0.6) is 0 Å². The normalized spacial score (nSPS) is 27.9. The van der Waals surface area contributed by atoms with Gasteiger partial charge >= 0.3 is 0 Å². The molecule has 3 nitrogen and oxygen atoms in total. The van der Waals surface area contributed by atoms with Gasteiger partial charge in [0.1, 0.15) is 0 Å². The molecule has 0 amide bonds. The molecule has 0 spiro atoms. The Morgan fingerprint density at radius 2 is 2.60 bits per heavy atom. The van der Waals surface area contributed by atoms with Crippen LogP contribution in [0.15, 0.2) is 28.0 Å². The zero-order valence-electron chi connectivity index (χ0n) is 5.16. The van der Waals surface area contributed by atoms with Crippen LogP contribution in [-0.2, 0) is 0 Å². The number of allylic oxidation sites excluding steroid dienone is 1. The summed E-state index contributed by atoms with van der Waals surface area (Å²) < 4.78 is 1.06. The van der Waals surface area contributed by atoms with Gasteiger partial charge in [0.25, 0.3) is 0 Å². The molecule has 0 aliphatic carbocycles. The standard InChI is InChI=1S/C6H6BrN3/c7-5-4-9-10-3-1-2-8-6(5)10/h1-4,6,9H/t6-/m1/s1. The second kappa shape index (κ2) is 2.12. The molecule has 0 aromatic carbocycles. The molecule has 2 aliphatic rings. The number of hydrogen-bond donors (Lipinski definition) is 1. The predicted octanol–water partition coefficient (Wildman–Crippen LogP) is 0.967. The van der Waals surface area contributed by atoms with Crippen LogP contribution in [0.3, 0.4) is 0 Å². The van der Waals surface area contributed by atoms with E-state index in [1.165, 1.54) is 0 Å². The van der Waals surface area contributed by atoms with Gasteiger partial charge in [0.2, 0.25) is 0 Å². The van der Waals surface area contributed by atoms with E-state index in [1.807, 2.05) is 23.5 Å². The van der Waals surface area contributed by atoms with Crippen molar-refractivity contribution < 1.29 is 0 Å². The van der Waals surface area contributed by atoms with Gasteiger partial charge in [-0.2, -0.15) is 0 Å². The highest BCUT2D eigenvalue weighted by Gasteiger charge is 2.22. The third-order valence-corrected chi connectivity index (χ3v) is 2.06. The maximum absolute atomic E-state index is 4.21. The number of hydrazine groups is 1. The molecule has 2 rings (SSSR count). The van der Waals surface area contributed by atoms with Crippen LogP contribution in [0.2, 0.25) is 0 Å². The summed E-state index contributed by atoms with van der Waals surface area (Å²) in [5.41, 5.74) is 3.03. The van der Waals surface area contributed by atoms with Gasteiger partial charge in [-0.1, -0.05) is 0 Å². The maximum atomic E-state index is 4.21. The van der Waals surface area contributed by atoms with Crippen LogP contribution in [0, 0.1) is 0 Å². The number of fused-ring (bicyclic) bond motifs is 1. The zero-order chi connectivity index (χ0) is 6.97. The summed E-state index contributed by atoms with van der Waals surface area (Å²) >= 11 is 3.39. The molecule has 52 valence electrons. The summed E-state index contributed by atoms with van der Waals surface area (Å²) in [6.45, 7) is 0. The van der Waals surface area contributed by atoms with Gasteiger partial charge in [0, 0.05) is 18.6 Å². The lowest BCUT2D eigenvalue weighted by molar-refractivity contribution is 0.295. The van der Waals surface area contributed by atoms with Crippen LogP contribution in [-0.4, -0.2) is 17.4 Å². The van der Waals surface area contributed by atoms with Crippen molar-refractivity contribution in [2.24, 2.45) is 4.99 Å². The minimum Gasteiger partial charge on any atom is -0.303 e. The summed E-state index contributed by atoms with van der Waals surface area (Å²) in [7, 11) is 0. The molecule has 1 atom stereocenters.